The van der Waals surface area contributed by atoms with Gasteiger partial charge >= 0.3 is 5.92 Å². The molecular formula is C15H18F2N6O. The summed E-state index contributed by atoms with van der Waals surface area (Å²) in [5, 5.41) is 7.76. The number of imidazole rings is 1. The van der Waals surface area contributed by atoms with E-state index in [1.165, 1.54) is 0 Å². The molecule has 1 aromatic heterocycles. The highest BCUT2D eigenvalue weighted by Crippen LogP contribution is 2.31. The summed E-state index contributed by atoms with van der Waals surface area (Å²) >= 11 is 0. The largest absolute Gasteiger partial charge is 0.388 e. The fourth-order valence-corrected chi connectivity index (χ4v) is 2.46. The van der Waals surface area contributed by atoms with Crippen molar-refractivity contribution in [2.45, 2.75) is 12.0 Å². The first-order chi connectivity index (χ1) is 11.4. The van der Waals surface area contributed by atoms with Crippen LogP contribution in [0.1, 0.15) is 11.9 Å². The molecule has 0 unspecified atom stereocenters. The van der Waals surface area contributed by atoms with Crippen molar-refractivity contribution in [1.82, 2.24) is 15.3 Å². The van der Waals surface area contributed by atoms with Crippen LogP contribution in [0.3, 0.4) is 0 Å². The molecule has 0 saturated carbocycles. The number of nitrogens with zero attached hydrogens (tertiary/aromatic N) is 1. The Hall–Kier alpha value is -2.68. The summed E-state index contributed by atoms with van der Waals surface area (Å²) in [6.07, 6.45) is 1.59. The maximum atomic E-state index is 14.0. The molecule has 1 atom stereocenters. The Kier molecular flexibility index (Phi) is 4.10. The lowest BCUT2D eigenvalue weighted by atomic mass is 10.1. The van der Waals surface area contributed by atoms with Gasteiger partial charge in [-0.05, 0) is 18.2 Å². The number of hydrogen-bond donors (Lipinski definition) is 5. The Bertz CT molecular complexity index is 760. The number of alkyl halides is 2. The first-order valence-electron chi connectivity index (χ1n) is 7.43. The van der Waals surface area contributed by atoms with Crippen molar-refractivity contribution >= 4 is 17.3 Å². The Labute approximate surface area is 137 Å². The Morgan fingerprint density at radius 3 is 2.92 bits per heavy atom. The van der Waals surface area contributed by atoms with Gasteiger partial charge in [0.15, 0.2) is 0 Å². The smallest absolute Gasteiger partial charge is 0.341 e. The van der Waals surface area contributed by atoms with Gasteiger partial charge in [0.1, 0.15) is 5.82 Å². The van der Waals surface area contributed by atoms with Crippen molar-refractivity contribution in [2.75, 3.05) is 30.8 Å². The monoisotopic (exact) mass is 336 g/mol. The van der Waals surface area contributed by atoms with Gasteiger partial charge in [0.25, 0.3) is 5.91 Å². The lowest BCUT2D eigenvalue weighted by Gasteiger charge is -2.21. The Balaban J connectivity index is 2.07. The summed E-state index contributed by atoms with van der Waals surface area (Å²) in [4.78, 5) is 19.0. The van der Waals surface area contributed by atoms with Crippen LogP contribution >= 0.6 is 0 Å². The fourth-order valence-electron chi connectivity index (χ4n) is 2.46. The minimum absolute atomic E-state index is 0.132. The molecule has 0 fully saturated rings. The normalized spacial score (nSPS) is 20.0. The van der Waals surface area contributed by atoms with Crippen molar-refractivity contribution in [1.29, 1.82) is 0 Å². The molecule has 1 amide bonds. The zero-order valence-corrected chi connectivity index (χ0v) is 13.0. The highest BCUT2D eigenvalue weighted by molar-refractivity contribution is 5.85. The van der Waals surface area contributed by atoms with E-state index < -0.39 is 24.4 Å². The van der Waals surface area contributed by atoms with Crippen LogP contribution in [-0.4, -0.2) is 41.9 Å². The van der Waals surface area contributed by atoms with Gasteiger partial charge in [-0.15, -0.1) is 0 Å². The fraction of sp³-hybridized carbons (Fsp3) is 0.333. The van der Waals surface area contributed by atoms with Crippen LogP contribution in [0.2, 0.25) is 0 Å². The number of aromatic nitrogens is 2. The first-order valence-corrected chi connectivity index (χ1v) is 7.43. The topological polar surface area (TPSA) is 108 Å². The SMILES string of the molecule is CNc1ccc2c(c1)NCC(F)(F)C(=O)NC[C@H](N)c1ncc-2[nH]1. The van der Waals surface area contributed by atoms with Gasteiger partial charge in [-0.2, -0.15) is 8.78 Å². The van der Waals surface area contributed by atoms with E-state index in [0.717, 1.165) is 5.69 Å². The third-order valence-electron chi connectivity index (χ3n) is 3.86. The Morgan fingerprint density at radius 2 is 2.17 bits per heavy atom. The van der Waals surface area contributed by atoms with Gasteiger partial charge in [-0.25, -0.2) is 4.98 Å². The Morgan fingerprint density at radius 1 is 1.38 bits per heavy atom. The molecule has 6 N–H and O–H groups in total. The highest BCUT2D eigenvalue weighted by Gasteiger charge is 2.39. The maximum absolute atomic E-state index is 14.0. The standard InChI is InChI=1S/C15H18F2N6O/c1-19-8-2-3-9-11(4-8)22-7-15(16,17)14(24)21-5-10(18)13-20-6-12(9)23-13/h2-4,6,10,19,22H,5,7,18H2,1H3,(H,20,23)(H,21,24)/t10-/m0/s1. The number of anilines is 2. The highest BCUT2D eigenvalue weighted by atomic mass is 19.3. The van der Waals surface area contributed by atoms with Gasteiger partial charge in [-0.3, -0.25) is 4.79 Å². The van der Waals surface area contributed by atoms with Crippen molar-refractivity contribution in [3.63, 3.8) is 0 Å². The van der Waals surface area contributed by atoms with Crippen LogP contribution in [0.25, 0.3) is 11.3 Å². The third-order valence-corrected chi connectivity index (χ3v) is 3.86. The molecule has 24 heavy (non-hydrogen) atoms. The number of carbonyl (C=O) groups is 1. The number of rotatable bonds is 1. The lowest BCUT2D eigenvalue weighted by molar-refractivity contribution is -0.143. The summed E-state index contributed by atoms with van der Waals surface area (Å²) in [5.41, 5.74) is 8.42. The molecule has 0 spiro atoms. The van der Waals surface area contributed by atoms with E-state index in [1.807, 2.05) is 6.07 Å². The second kappa shape index (κ2) is 6.08. The predicted octanol–water partition coefficient (Wildman–Crippen LogP) is 1.30. The van der Waals surface area contributed by atoms with E-state index in [-0.39, 0.29) is 6.54 Å². The van der Waals surface area contributed by atoms with Crippen molar-refractivity contribution in [3.05, 3.63) is 30.2 Å². The second-order valence-corrected chi connectivity index (χ2v) is 5.57. The second-order valence-electron chi connectivity index (χ2n) is 5.57. The number of hydrogen-bond acceptors (Lipinski definition) is 5. The number of carbonyl (C=O) groups excluding carboxylic acids is 1. The van der Waals surface area contributed by atoms with Crippen LogP contribution in [-0.2, 0) is 4.79 Å². The van der Waals surface area contributed by atoms with Crippen LogP contribution in [0, 0.1) is 0 Å². The molecular weight excluding hydrogens is 318 g/mol. The summed E-state index contributed by atoms with van der Waals surface area (Å²) in [7, 11) is 1.73. The zero-order valence-electron chi connectivity index (χ0n) is 13.0. The molecule has 9 heteroatoms. The number of benzene rings is 1. The zero-order chi connectivity index (χ0) is 17.3. The minimum atomic E-state index is -3.56. The molecule has 0 saturated heterocycles. The van der Waals surface area contributed by atoms with E-state index in [2.05, 4.69) is 25.9 Å². The van der Waals surface area contributed by atoms with E-state index in [4.69, 9.17) is 5.73 Å². The van der Waals surface area contributed by atoms with Gasteiger partial charge < -0.3 is 26.7 Å². The molecule has 0 radical (unpaired) electrons. The molecule has 2 aromatic rings. The number of H-pyrrole nitrogens is 1. The summed E-state index contributed by atoms with van der Waals surface area (Å²) in [6.45, 7) is -0.956. The van der Waals surface area contributed by atoms with Crippen molar-refractivity contribution in [3.8, 4) is 11.3 Å². The van der Waals surface area contributed by atoms with Crippen LogP contribution in [0.4, 0.5) is 20.2 Å². The quantitative estimate of drug-likeness (QED) is 0.539. The number of halogens is 2. The summed E-state index contributed by atoms with van der Waals surface area (Å²) in [6, 6.07) is 4.58. The molecule has 0 aliphatic carbocycles. The van der Waals surface area contributed by atoms with E-state index in [9.17, 15) is 13.6 Å². The minimum Gasteiger partial charge on any atom is -0.388 e. The summed E-state index contributed by atoms with van der Waals surface area (Å²) < 4.78 is 28.0. The van der Waals surface area contributed by atoms with E-state index >= 15 is 0 Å². The van der Waals surface area contributed by atoms with Crippen LogP contribution < -0.4 is 21.7 Å². The number of amides is 1. The van der Waals surface area contributed by atoms with Gasteiger partial charge in [-0.1, -0.05) is 0 Å². The van der Waals surface area contributed by atoms with E-state index in [0.29, 0.717) is 22.8 Å². The molecule has 128 valence electrons. The van der Waals surface area contributed by atoms with Gasteiger partial charge in [0.2, 0.25) is 0 Å². The maximum Gasteiger partial charge on any atom is 0.341 e. The van der Waals surface area contributed by atoms with Crippen LogP contribution in [0.15, 0.2) is 24.4 Å². The third kappa shape index (κ3) is 3.02. The lowest BCUT2D eigenvalue weighted by Crippen LogP contribution is -2.46. The number of fused-ring (bicyclic) bond motifs is 4. The molecule has 2 heterocycles. The molecule has 1 aromatic carbocycles. The molecule has 1 aliphatic heterocycles. The predicted molar refractivity (Wildman–Crippen MR) is 86.9 cm³/mol. The van der Waals surface area contributed by atoms with Gasteiger partial charge in [0.05, 0.1) is 24.5 Å². The first kappa shape index (κ1) is 16.2. The average Bonchev–Trinajstić information content (AvgIpc) is 3.06. The number of nitrogens with one attached hydrogen (secondary N) is 4. The van der Waals surface area contributed by atoms with Gasteiger partial charge in [0, 0.05) is 30.5 Å². The molecule has 2 bridgehead atoms. The molecule has 1 aliphatic rings. The van der Waals surface area contributed by atoms with Crippen molar-refractivity contribution in [2.24, 2.45) is 5.73 Å². The number of nitrogens with two attached hydrogens (primary N) is 1. The van der Waals surface area contributed by atoms with Crippen molar-refractivity contribution < 1.29 is 13.6 Å². The van der Waals surface area contributed by atoms with E-state index in [1.54, 1.807) is 25.4 Å². The molecule has 7 nitrogen and oxygen atoms in total. The van der Waals surface area contributed by atoms with Crippen LogP contribution in [0.5, 0.6) is 0 Å². The molecule has 3 rings (SSSR count). The number of aromatic amines is 1. The summed E-state index contributed by atoms with van der Waals surface area (Å²) in [5.74, 6) is -4.52. The average molecular weight is 336 g/mol.